The summed E-state index contributed by atoms with van der Waals surface area (Å²) < 4.78 is 30.2. The van der Waals surface area contributed by atoms with E-state index in [1.54, 1.807) is 0 Å². The van der Waals surface area contributed by atoms with Gasteiger partial charge in [-0.15, -0.1) is 0 Å². The second kappa shape index (κ2) is 5.67. The Bertz CT molecular complexity index is 422. The van der Waals surface area contributed by atoms with Crippen LogP contribution in [-0.4, -0.2) is 18.1 Å². The standard InChI is InChI=1S/C11H14F2N2O2/c1-6-10(11(12)13)8(4-14)7(5-15-6)3-9(16)17-2/h5,11H,3-4,14H2,1-2H3. The number of carbonyl (C=O) groups is 1. The highest BCUT2D eigenvalue weighted by molar-refractivity contribution is 5.73. The number of nitrogens with zero attached hydrogens (tertiary/aromatic N) is 1. The number of pyridine rings is 1. The molecule has 0 aliphatic rings. The number of halogens is 2. The molecular formula is C11H14F2N2O2. The van der Waals surface area contributed by atoms with Crippen LogP contribution in [0.1, 0.15) is 28.8 Å². The van der Waals surface area contributed by atoms with Gasteiger partial charge in [-0.2, -0.15) is 0 Å². The highest BCUT2D eigenvalue weighted by Crippen LogP contribution is 2.27. The summed E-state index contributed by atoms with van der Waals surface area (Å²) in [5.41, 5.74) is 6.17. The Kier molecular flexibility index (Phi) is 4.51. The van der Waals surface area contributed by atoms with Gasteiger partial charge in [0.1, 0.15) is 0 Å². The van der Waals surface area contributed by atoms with Crippen LogP contribution < -0.4 is 5.73 Å². The SMILES string of the molecule is COC(=O)Cc1cnc(C)c(C(F)F)c1CN. The highest BCUT2D eigenvalue weighted by Gasteiger charge is 2.20. The number of methoxy groups -OCH3 is 1. The number of hydrogen-bond acceptors (Lipinski definition) is 4. The van der Waals surface area contributed by atoms with Crippen LogP contribution in [0.4, 0.5) is 8.78 Å². The summed E-state index contributed by atoms with van der Waals surface area (Å²) in [6.45, 7) is 1.43. The second-order valence-corrected chi connectivity index (χ2v) is 3.52. The highest BCUT2D eigenvalue weighted by atomic mass is 19.3. The lowest BCUT2D eigenvalue weighted by atomic mass is 9.99. The molecule has 94 valence electrons. The number of aromatic nitrogens is 1. The number of ether oxygens (including phenoxy) is 1. The van der Waals surface area contributed by atoms with Crippen molar-refractivity contribution in [3.63, 3.8) is 0 Å². The number of nitrogens with two attached hydrogens (primary N) is 1. The molecule has 1 heterocycles. The monoisotopic (exact) mass is 244 g/mol. The minimum absolute atomic E-state index is 0.0602. The summed E-state index contributed by atoms with van der Waals surface area (Å²) in [4.78, 5) is 15.0. The van der Waals surface area contributed by atoms with Crippen molar-refractivity contribution in [1.82, 2.24) is 4.98 Å². The predicted molar refractivity (Wildman–Crippen MR) is 57.5 cm³/mol. The van der Waals surface area contributed by atoms with Crippen LogP contribution in [0.3, 0.4) is 0 Å². The average molecular weight is 244 g/mol. The smallest absolute Gasteiger partial charge is 0.310 e. The molecule has 4 nitrogen and oxygen atoms in total. The van der Waals surface area contributed by atoms with E-state index in [1.165, 1.54) is 20.2 Å². The minimum Gasteiger partial charge on any atom is -0.469 e. The number of alkyl halides is 2. The van der Waals surface area contributed by atoms with Crippen LogP contribution in [0.2, 0.25) is 0 Å². The molecule has 1 aromatic heterocycles. The van der Waals surface area contributed by atoms with E-state index in [-0.39, 0.29) is 29.8 Å². The van der Waals surface area contributed by atoms with Crippen LogP contribution in [0.5, 0.6) is 0 Å². The van der Waals surface area contributed by atoms with Crippen molar-refractivity contribution in [2.45, 2.75) is 26.3 Å². The van der Waals surface area contributed by atoms with Crippen molar-refractivity contribution in [1.29, 1.82) is 0 Å². The third-order valence-corrected chi connectivity index (χ3v) is 2.50. The van der Waals surface area contributed by atoms with E-state index >= 15 is 0 Å². The maximum absolute atomic E-state index is 12.9. The van der Waals surface area contributed by atoms with Gasteiger partial charge < -0.3 is 10.5 Å². The summed E-state index contributed by atoms with van der Waals surface area (Å²) in [7, 11) is 1.24. The Labute approximate surface area is 97.8 Å². The van der Waals surface area contributed by atoms with Gasteiger partial charge in [0.15, 0.2) is 0 Å². The van der Waals surface area contributed by atoms with Crippen LogP contribution >= 0.6 is 0 Å². The van der Waals surface area contributed by atoms with Gasteiger partial charge in [0, 0.05) is 24.0 Å². The fraction of sp³-hybridized carbons (Fsp3) is 0.455. The zero-order valence-electron chi connectivity index (χ0n) is 9.67. The van der Waals surface area contributed by atoms with E-state index in [0.717, 1.165) is 0 Å². The van der Waals surface area contributed by atoms with E-state index in [2.05, 4.69) is 9.72 Å². The Hall–Kier alpha value is -1.56. The molecule has 0 aliphatic carbocycles. The third-order valence-electron chi connectivity index (χ3n) is 2.50. The van der Waals surface area contributed by atoms with Gasteiger partial charge in [-0.05, 0) is 18.1 Å². The quantitative estimate of drug-likeness (QED) is 0.815. The molecular weight excluding hydrogens is 230 g/mol. The molecule has 0 aromatic carbocycles. The van der Waals surface area contributed by atoms with Gasteiger partial charge >= 0.3 is 5.97 Å². The lowest BCUT2D eigenvalue weighted by Gasteiger charge is -2.14. The summed E-state index contributed by atoms with van der Waals surface area (Å²) in [5.74, 6) is -0.509. The average Bonchev–Trinajstić information content (AvgIpc) is 2.30. The maximum Gasteiger partial charge on any atom is 0.310 e. The van der Waals surface area contributed by atoms with Crippen molar-refractivity contribution in [2.75, 3.05) is 7.11 Å². The molecule has 0 unspecified atom stereocenters. The Morgan fingerprint density at radius 1 is 1.59 bits per heavy atom. The van der Waals surface area contributed by atoms with Crippen LogP contribution in [-0.2, 0) is 22.5 Å². The van der Waals surface area contributed by atoms with Crippen LogP contribution in [0.15, 0.2) is 6.20 Å². The van der Waals surface area contributed by atoms with Gasteiger partial charge in [-0.1, -0.05) is 0 Å². The zero-order chi connectivity index (χ0) is 13.0. The molecule has 0 amide bonds. The first-order chi connectivity index (χ1) is 8.01. The topological polar surface area (TPSA) is 65.2 Å². The first kappa shape index (κ1) is 13.5. The molecule has 17 heavy (non-hydrogen) atoms. The Morgan fingerprint density at radius 3 is 2.71 bits per heavy atom. The summed E-state index contributed by atoms with van der Waals surface area (Å²) in [6.07, 6.45) is -1.37. The molecule has 0 atom stereocenters. The first-order valence-electron chi connectivity index (χ1n) is 5.03. The fourth-order valence-electron chi connectivity index (χ4n) is 1.62. The van der Waals surface area contributed by atoms with Gasteiger partial charge in [0.2, 0.25) is 0 Å². The molecule has 0 saturated carbocycles. The number of esters is 1. The summed E-state index contributed by atoms with van der Waals surface area (Å²) >= 11 is 0. The van der Waals surface area contributed by atoms with E-state index in [4.69, 9.17) is 5.73 Å². The summed E-state index contributed by atoms with van der Waals surface area (Å²) in [6, 6.07) is 0. The van der Waals surface area contributed by atoms with E-state index < -0.39 is 12.4 Å². The molecule has 0 aliphatic heterocycles. The third kappa shape index (κ3) is 2.97. The van der Waals surface area contributed by atoms with Crippen molar-refractivity contribution in [3.8, 4) is 0 Å². The number of rotatable bonds is 4. The second-order valence-electron chi connectivity index (χ2n) is 3.52. The van der Waals surface area contributed by atoms with E-state index in [1.807, 2.05) is 0 Å². The van der Waals surface area contributed by atoms with Crippen molar-refractivity contribution in [3.05, 3.63) is 28.6 Å². The molecule has 1 rings (SSSR count). The van der Waals surface area contributed by atoms with Crippen LogP contribution in [0, 0.1) is 6.92 Å². The molecule has 2 N–H and O–H groups in total. The van der Waals surface area contributed by atoms with Crippen LogP contribution in [0.25, 0.3) is 0 Å². The molecule has 1 aromatic rings. The Balaban J connectivity index is 3.23. The van der Waals surface area contributed by atoms with Crippen molar-refractivity contribution < 1.29 is 18.3 Å². The fourth-order valence-corrected chi connectivity index (χ4v) is 1.62. The molecule has 6 heteroatoms. The lowest BCUT2D eigenvalue weighted by molar-refractivity contribution is -0.139. The molecule has 0 fully saturated rings. The number of aryl methyl sites for hydroxylation is 1. The first-order valence-corrected chi connectivity index (χ1v) is 5.03. The largest absolute Gasteiger partial charge is 0.469 e. The zero-order valence-corrected chi connectivity index (χ0v) is 9.67. The lowest BCUT2D eigenvalue weighted by Crippen LogP contribution is -2.13. The van der Waals surface area contributed by atoms with Crippen molar-refractivity contribution >= 4 is 5.97 Å². The van der Waals surface area contributed by atoms with Gasteiger partial charge in [0.05, 0.1) is 13.5 Å². The maximum atomic E-state index is 12.9. The molecule has 0 radical (unpaired) electrons. The predicted octanol–water partition coefficient (Wildman–Crippen LogP) is 1.50. The van der Waals surface area contributed by atoms with Crippen molar-refractivity contribution in [2.24, 2.45) is 5.73 Å². The van der Waals surface area contributed by atoms with E-state index in [0.29, 0.717) is 5.56 Å². The summed E-state index contributed by atoms with van der Waals surface area (Å²) in [5, 5.41) is 0. The molecule has 0 saturated heterocycles. The normalized spacial score (nSPS) is 10.7. The van der Waals surface area contributed by atoms with Gasteiger partial charge in [-0.3, -0.25) is 9.78 Å². The number of carbonyl (C=O) groups excluding carboxylic acids is 1. The minimum atomic E-state index is -2.65. The van der Waals surface area contributed by atoms with Gasteiger partial charge in [0.25, 0.3) is 6.43 Å². The van der Waals surface area contributed by atoms with Gasteiger partial charge in [-0.25, -0.2) is 8.78 Å². The number of hydrogen-bond donors (Lipinski definition) is 1. The molecule has 0 bridgehead atoms. The van der Waals surface area contributed by atoms with E-state index in [9.17, 15) is 13.6 Å². The Morgan fingerprint density at radius 2 is 2.24 bits per heavy atom. The molecule has 0 spiro atoms.